The van der Waals surface area contributed by atoms with E-state index < -0.39 is 0 Å². The van der Waals surface area contributed by atoms with Crippen LogP contribution in [-0.4, -0.2) is 26.2 Å². The van der Waals surface area contributed by atoms with Crippen molar-refractivity contribution < 1.29 is 18.7 Å². The number of halogens is 1. The highest BCUT2D eigenvalue weighted by Crippen LogP contribution is 2.14. The van der Waals surface area contributed by atoms with E-state index in [0.29, 0.717) is 31.7 Å². The second kappa shape index (κ2) is 8.78. The molecular weight excluding hydrogens is 297 g/mol. The standard InChI is InChI=1S/C18H20FNO3/c1-22-17-4-2-3-14(13-17)5-10-18(21)20-11-12-23-16-8-6-15(19)7-9-16/h2-4,6-9,13H,5,10-12H2,1H3,(H,20,21). The highest BCUT2D eigenvalue weighted by molar-refractivity contribution is 5.76. The van der Waals surface area contributed by atoms with E-state index in [0.717, 1.165) is 11.3 Å². The number of benzene rings is 2. The number of carbonyl (C=O) groups is 1. The smallest absolute Gasteiger partial charge is 0.220 e. The molecule has 0 aliphatic carbocycles. The van der Waals surface area contributed by atoms with Gasteiger partial charge in [-0.25, -0.2) is 4.39 Å². The normalized spacial score (nSPS) is 10.2. The second-order valence-electron chi connectivity index (χ2n) is 5.00. The van der Waals surface area contributed by atoms with Crippen LogP contribution >= 0.6 is 0 Å². The van der Waals surface area contributed by atoms with Gasteiger partial charge in [0.25, 0.3) is 0 Å². The zero-order valence-corrected chi connectivity index (χ0v) is 13.0. The van der Waals surface area contributed by atoms with Gasteiger partial charge < -0.3 is 14.8 Å². The molecule has 0 fully saturated rings. The van der Waals surface area contributed by atoms with Crippen LogP contribution in [-0.2, 0) is 11.2 Å². The predicted octanol–water partition coefficient (Wildman–Crippen LogP) is 2.96. The maximum Gasteiger partial charge on any atom is 0.220 e. The van der Waals surface area contributed by atoms with Crippen LogP contribution in [0.15, 0.2) is 48.5 Å². The molecule has 0 aliphatic rings. The van der Waals surface area contributed by atoms with Gasteiger partial charge in [-0.05, 0) is 48.4 Å². The zero-order valence-electron chi connectivity index (χ0n) is 13.0. The van der Waals surface area contributed by atoms with Gasteiger partial charge in [0.1, 0.15) is 23.9 Å². The van der Waals surface area contributed by atoms with Crippen molar-refractivity contribution in [3.63, 3.8) is 0 Å². The monoisotopic (exact) mass is 317 g/mol. The molecular formula is C18H20FNO3. The molecule has 0 unspecified atom stereocenters. The fraction of sp³-hybridized carbons (Fsp3) is 0.278. The molecule has 0 spiro atoms. The lowest BCUT2D eigenvalue weighted by Crippen LogP contribution is -2.28. The van der Waals surface area contributed by atoms with Crippen LogP contribution in [0.2, 0.25) is 0 Å². The molecule has 2 aromatic rings. The quantitative estimate of drug-likeness (QED) is 0.762. The van der Waals surface area contributed by atoms with Gasteiger partial charge in [0.2, 0.25) is 5.91 Å². The van der Waals surface area contributed by atoms with E-state index >= 15 is 0 Å². The Labute approximate surface area is 135 Å². The minimum Gasteiger partial charge on any atom is -0.497 e. The van der Waals surface area contributed by atoms with Gasteiger partial charge in [0.15, 0.2) is 0 Å². The minimum atomic E-state index is -0.303. The first-order valence-electron chi connectivity index (χ1n) is 7.45. The van der Waals surface area contributed by atoms with E-state index in [-0.39, 0.29) is 11.7 Å². The van der Waals surface area contributed by atoms with Crippen LogP contribution in [0.5, 0.6) is 11.5 Å². The summed E-state index contributed by atoms with van der Waals surface area (Å²) in [6.45, 7) is 0.755. The van der Waals surface area contributed by atoms with Crippen molar-refractivity contribution in [3.05, 3.63) is 59.9 Å². The van der Waals surface area contributed by atoms with Gasteiger partial charge >= 0.3 is 0 Å². The van der Waals surface area contributed by atoms with Gasteiger partial charge in [-0.15, -0.1) is 0 Å². The lowest BCUT2D eigenvalue weighted by atomic mass is 10.1. The average Bonchev–Trinajstić information content (AvgIpc) is 2.58. The van der Waals surface area contributed by atoms with Crippen molar-refractivity contribution >= 4 is 5.91 Å². The molecule has 0 aromatic heterocycles. The molecule has 0 bridgehead atoms. The van der Waals surface area contributed by atoms with E-state index in [1.54, 1.807) is 19.2 Å². The van der Waals surface area contributed by atoms with Crippen molar-refractivity contribution in [1.82, 2.24) is 5.32 Å². The van der Waals surface area contributed by atoms with E-state index in [9.17, 15) is 9.18 Å². The number of amides is 1. The average molecular weight is 317 g/mol. The summed E-state index contributed by atoms with van der Waals surface area (Å²) in [5.74, 6) is 1.03. The number of methoxy groups -OCH3 is 1. The molecule has 0 saturated carbocycles. The van der Waals surface area contributed by atoms with E-state index in [4.69, 9.17) is 9.47 Å². The SMILES string of the molecule is COc1cccc(CCC(=O)NCCOc2ccc(F)cc2)c1. The summed E-state index contributed by atoms with van der Waals surface area (Å²) in [6.07, 6.45) is 1.06. The predicted molar refractivity (Wildman–Crippen MR) is 86.2 cm³/mol. The molecule has 2 aromatic carbocycles. The summed E-state index contributed by atoms with van der Waals surface area (Å²) in [4.78, 5) is 11.8. The van der Waals surface area contributed by atoms with E-state index in [2.05, 4.69) is 5.32 Å². The van der Waals surface area contributed by atoms with Crippen LogP contribution in [0.4, 0.5) is 4.39 Å². The minimum absolute atomic E-state index is 0.0319. The number of hydrogen-bond donors (Lipinski definition) is 1. The number of rotatable bonds is 8. The molecule has 0 aliphatic heterocycles. The molecule has 4 nitrogen and oxygen atoms in total. The first-order valence-corrected chi connectivity index (χ1v) is 7.45. The van der Waals surface area contributed by atoms with Crippen molar-refractivity contribution in [1.29, 1.82) is 0 Å². The first kappa shape index (κ1) is 16.8. The Hall–Kier alpha value is -2.56. The third-order valence-electron chi connectivity index (χ3n) is 3.28. The second-order valence-corrected chi connectivity index (χ2v) is 5.00. The number of ether oxygens (including phenoxy) is 2. The number of carbonyl (C=O) groups excluding carboxylic acids is 1. The maximum atomic E-state index is 12.7. The Kier molecular flexibility index (Phi) is 6.41. The van der Waals surface area contributed by atoms with Gasteiger partial charge in [-0.3, -0.25) is 4.79 Å². The third-order valence-corrected chi connectivity index (χ3v) is 3.28. The van der Waals surface area contributed by atoms with Crippen molar-refractivity contribution in [3.8, 4) is 11.5 Å². The van der Waals surface area contributed by atoms with E-state index in [1.807, 2.05) is 24.3 Å². The Morgan fingerprint density at radius 1 is 1.13 bits per heavy atom. The highest BCUT2D eigenvalue weighted by Gasteiger charge is 2.03. The summed E-state index contributed by atoms with van der Waals surface area (Å²) in [6, 6.07) is 13.4. The zero-order chi connectivity index (χ0) is 16.5. The lowest BCUT2D eigenvalue weighted by molar-refractivity contribution is -0.121. The van der Waals surface area contributed by atoms with Crippen molar-refractivity contribution in [2.45, 2.75) is 12.8 Å². The Morgan fingerprint density at radius 3 is 2.65 bits per heavy atom. The summed E-state index contributed by atoms with van der Waals surface area (Å²) in [7, 11) is 1.62. The van der Waals surface area contributed by atoms with Crippen molar-refractivity contribution in [2.75, 3.05) is 20.3 Å². The Bertz CT molecular complexity index is 628. The van der Waals surface area contributed by atoms with E-state index in [1.165, 1.54) is 12.1 Å². The molecule has 0 atom stereocenters. The Morgan fingerprint density at radius 2 is 1.91 bits per heavy atom. The maximum absolute atomic E-state index is 12.7. The Balaban J connectivity index is 1.64. The van der Waals surface area contributed by atoms with Crippen LogP contribution < -0.4 is 14.8 Å². The number of aryl methyl sites for hydroxylation is 1. The molecule has 23 heavy (non-hydrogen) atoms. The molecule has 0 heterocycles. The molecule has 1 N–H and O–H groups in total. The molecule has 0 saturated heterocycles. The summed E-state index contributed by atoms with van der Waals surface area (Å²) in [5.41, 5.74) is 1.06. The summed E-state index contributed by atoms with van der Waals surface area (Å²) in [5, 5.41) is 2.79. The summed E-state index contributed by atoms with van der Waals surface area (Å²) < 4.78 is 23.3. The van der Waals surface area contributed by atoms with Crippen LogP contribution in [0.3, 0.4) is 0 Å². The number of nitrogens with one attached hydrogen (secondary N) is 1. The topological polar surface area (TPSA) is 47.6 Å². The van der Waals surface area contributed by atoms with Gasteiger partial charge in [0.05, 0.1) is 13.7 Å². The molecule has 0 radical (unpaired) electrons. The van der Waals surface area contributed by atoms with Crippen LogP contribution in [0, 0.1) is 5.82 Å². The molecule has 122 valence electrons. The van der Waals surface area contributed by atoms with Crippen LogP contribution in [0.25, 0.3) is 0 Å². The van der Waals surface area contributed by atoms with Crippen molar-refractivity contribution in [2.24, 2.45) is 0 Å². The fourth-order valence-electron chi connectivity index (χ4n) is 2.06. The highest BCUT2D eigenvalue weighted by atomic mass is 19.1. The van der Waals surface area contributed by atoms with Gasteiger partial charge in [0, 0.05) is 6.42 Å². The lowest BCUT2D eigenvalue weighted by Gasteiger charge is -2.08. The molecule has 1 amide bonds. The van der Waals surface area contributed by atoms with Gasteiger partial charge in [-0.1, -0.05) is 12.1 Å². The fourth-order valence-corrected chi connectivity index (χ4v) is 2.06. The first-order chi connectivity index (χ1) is 11.2. The molecule has 5 heteroatoms. The number of hydrogen-bond acceptors (Lipinski definition) is 3. The van der Waals surface area contributed by atoms with Crippen LogP contribution in [0.1, 0.15) is 12.0 Å². The summed E-state index contributed by atoms with van der Waals surface area (Å²) >= 11 is 0. The van der Waals surface area contributed by atoms with Gasteiger partial charge in [-0.2, -0.15) is 0 Å². The third kappa shape index (κ3) is 5.98. The molecule has 2 rings (SSSR count). The largest absolute Gasteiger partial charge is 0.497 e.